The number of halogens is 2. The molecule has 1 amide bonds. The summed E-state index contributed by atoms with van der Waals surface area (Å²) < 4.78 is 20.0. The van der Waals surface area contributed by atoms with Gasteiger partial charge >= 0.3 is 6.09 Å². The van der Waals surface area contributed by atoms with Crippen molar-refractivity contribution in [2.45, 2.75) is 25.1 Å². The monoisotopic (exact) mass is 345 g/mol. The molecule has 0 bridgehead atoms. The van der Waals surface area contributed by atoms with E-state index >= 15 is 0 Å². The Hall–Kier alpha value is -1.14. The molecule has 1 aromatic carbocycles. The van der Waals surface area contributed by atoms with Crippen molar-refractivity contribution in [1.29, 1.82) is 0 Å². The summed E-state index contributed by atoms with van der Waals surface area (Å²) in [5.41, 5.74) is -0.656. The summed E-state index contributed by atoms with van der Waals surface area (Å²) in [5.74, 6) is 0. The van der Waals surface area contributed by atoms with Crippen molar-refractivity contribution >= 4 is 22.0 Å². The Bertz CT molecular complexity index is 458. The normalized spacial score (nSPS) is 17.9. The van der Waals surface area contributed by atoms with Gasteiger partial charge in [0.15, 0.2) is 0 Å². The predicted molar refractivity (Wildman–Crippen MR) is 76.1 cm³/mol. The number of hydrogen-bond acceptors (Lipinski definition) is 3. The van der Waals surface area contributed by atoms with Crippen molar-refractivity contribution in [3.8, 4) is 0 Å². The number of amides is 1. The number of hydrogen-bond donors (Lipinski definition) is 1. The first-order valence-corrected chi connectivity index (χ1v) is 7.28. The number of piperidine rings is 1. The molecule has 2 rings (SSSR count). The van der Waals surface area contributed by atoms with Gasteiger partial charge in [-0.1, -0.05) is 28.1 Å². The van der Waals surface area contributed by atoms with Gasteiger partial charge in [0.25, 0.3) is 0 Å². The minimum absolute atomic E-state index is 0.150. The molecular formula is C14H17BrFNO3. The summed E-state index contributed by atoms with van der Waals surface area (Å²) in [4.78, 5) is 13.3. The molecule has 1 N–H and O–H groups in total. The second-order valence-corrected chi connectivity index (χ2v) is 5.89. The maximum absolute atomic E-state index is 13.8. The first-order valence-electron chi connectivity index (χ1n) is 6.48. The van der Waals surface area contributed by atoms with Crippen molar-refractivity contribution in [3.05, 3.63) is 34.3 Å². The van der Waals surface area contributed by atoms with E-state index in [0.29, 0.717) is 0 Å². The molecule has 20 heavy (non-hydrogen) atoms. The number of likely N-dealkylation sites (tertiary alicyclic amines) is 1. The first-order chi connectivity index (χ1) is 9.52. The molecule has 0 radical (unpaired) electrons. The van der Waals surface area contributed by atoms with Gasteiger partial charge < -0.3 is 14.7 Å². The van der Waals surface area contributed by atoms with Crippen molar-refractivity contribution in [1.82, 2.24) is 4.90 Å². The molecule has 0 atom stereocenters. The number of alkyl halides is 1. The van der Waals surface area contributed by atoms with Crippen LogP contribution in [-0.2, 0) is 11.3 Å². The molecule has 0 saturated carbocycles. The Morgan fingerprint density at radius 1 is 1.35 bits per heavy atom. The number of benzene rings is 1. The fraction of sp³-hybridized carbons (Fsp3) is 0.500. The van der Waals surface area contributed by atoms with Crippen LogP contribution < -0.4 is 0 Å². The van der Waals surface area contributed by atoms with Crippen molar-refractivity contribution in [3.63, 3.8) is 0 Å². The Labute approximate surface area is 125 Å². The zero-order valence-electron chi connectivity index (χ0n) is 11.0. The molecule has 0 spiro atoms. The van der Waals surface area contributed by atoms with Crippen LogP contribution >= 0.6 is 15.9 Å². The van der Waals surface area contributed by atoms with E-state index in [1.165, 1.54) is 4.90 Å². The number of carbonyl (C=O) groups excluding carboxylic acids is 1. The molecule has 1 aromatic rings. The second kappa shape index (κ2) is 6.54. The molecule has 1 aliphatic heterocycles. The lowest BCUT2D eigenvalue weighted by molar-refractivity contribution is 0.00532. The lowest BCUT2D eigenvalue weighted by Crippen LogP contribution is -2.46. The van der Waals surface area contributed by atoms with Crippen LogP contribution in [0.1, 0.15) is 18.4 Å². The highest BCUT2D eigenvalue weighted by molar-refractivity contribution is 9.10. The van der Waals surface area contributed by atoms with E-state index in [0.717, 1.165) is 10.0 Å². The molecule has 1 aliphatic rings. The molecule has 1 fully saturated rings. The molecule has 0 aromatic heterocycles. The third-order valence-corrected chi connectivity index (χ3v) is 4.01. The fourth-order valence-corrected chi connectivity index (χ4v) is 2.33. The quantitative estimate of drug-likeness (QED) is 0.916. The maximum Gasteiger partial charge on any atom is 0.410 e. The highest BCUT2D eigenvalue weighted by Gasteiger charge is 2.35. The van der Waals surface area contributed by atoms with Gasteiger partial charge in [-0.25, -0.2) is 9.18 Å². The number of nitrogens with zero attached hydrogens (tertiary/aromatic N) is 1. The van der Waals surface area contributed by atoms with Crippen LogP contribution in [0.15, 0.2) is 28.7 Å². The summed E-state index contributed by atoms with van der Waals surface area (Å²) in [6.45, 7) is 0.255. The fourth-order valence-electron chi connectivity index (χ4n) is 2.07. The van der Waals surface area contributed by atoms with Crippen LogP contribution in [0.2, 0.25) is 0 Å². The summed E-state index contributed by atoms with van der Waals surface area (Å²) in [7, 11) is 0. The molecule has 0 aliphatic carbocycles. The summed E-state index contributed by atoms with van der Waals surface area (Å²) in [6, 6.07) is 7.49. The average Bonchev–Trinajstić information content (AvgIpc) is 2.47. The SMILES string of the molecule is O=C(OCc1ccc(Br)cc1)N1CCC(F)(CO)CC1. The van der Waals surface area contributed by atoms with Gasteiger partial charge in [0, 0.05) is 30.4 Å². The van der Waals surface area contributed by atoms with Crippen LogP contribution in [0.5, 0.6) is 0 Å². The third kappa shape index (κ3) is 3.93. The van der Waals surface area contributed by atoms with E-state index in [2.05, 4.69) is 15.9 Å². The summed E-state index contributed by atoms with van der Waals surface area (Å²) in [6.07, 6.45) is -0.138. The molecule has 1 heterocycles. The van der Waals surface area contributed by atoms with E-state index in [1.807, 2.05) is 24.3 Å². The Balaban J connectivity index is 1.80. The number of carbonyl (C=O) groups is 1. The van der Waals surface area contributed by atoms with Gasteiger partial charge in [-0.05, 0) is 17.7 Å². The van der Waals surface area contributed by atoms with Gasteiger partial charge in [0.05, 0.1) is 6.61 Å². The molecule has 4 nitrogen and oxygen atoms in total. The zero-order chi connectivity index (χ0) is 14.6. The van der Waals surface area contributed by atoms with Gasteiger partial charge in [0.1, 0.15) is 12.3 Å². The lowest BCUT2D eigenvalue weighted by atomic mass is 9.95. The largest absolute Gasteiger partial charge is 0.445 e. The average molecular weight is 346 g/mol. The molecule has 6 heteroatoms. The van der Waals surface area contributed by atoms with E-state index in [9.17, 15) is 9.18 Å². The Kier molecular flexibility index (Phi) is 4.99. The van der Waals surface area contributed by atoms with Crippen molar-refractivity contribution in [2.75, 3.05) is 19.7 Å². The highest BCUT2D eigenvalue weighted by Crippen LogP contribution is 2.26. The number of rotatable bonds is 3. The Morgan fingerprint density at radius 3 is 2.50 bits per heavy atom. The standard InChI is InChI=1S/C14H17BrFNO3/c15-12-3-1-11(2-4-12)9-20-13(19)17-7-5-14(16,10-18)6-8-17/h1-4,18H,5-10H2. The maximum atomic E-state index is 13.8. The molecular weight excluding hydrogens is 329 g/mol. The van der Waals surface area contributed by atoms with E-state index in [-0.39, 0.29) is 32.5 Å². The molecule has 1 saturated heterocycles. The minimum Gasteiger partial charge on any atom is -0.445 e. The molecule has 0 unspecified atom stereocenters. The third-order valence-electron chi connectivity index (χ3n) is 3.48. The summed E-state index contributed by atoms with van der Waals surface area (Å²) in [5, 5.41) is 8.94. The van der Waals surface area contributed by atoms with Gasteiger partial charge in [-0.15, -0.1) is 0 Å². The van der Waals surface area contributed by atoms with Crippen molar-refractivity contribution in [2.24, 2.45) is 0 Å². The predicted octanol–water partition coefficient (Wildman–Crippen LogP) is 2.88. The van der Waals surface area contributed by atoms with Crippen LogP contribution in [0.25, 0.3) is 0 Å². The van der Waals surface area contributed by atoms with Gasteiger partial charge in [0.2, 0.25) is 0 Å². The smallest absolute Gasteiger partial charge is 0.410 e. The molecule has 110 valence electrons. The van der Waals surface area contributed by atoms with E-state index in [4.69, 9.17) is 9.84 Å². The van der Waals surface area contributed by atoms with E-state index < -0.39 is 18.4 Å². The zero-order valence-corrected chi connectivity index (χ0v) is 12.6. The second-order valence-electron chi connectivity index (χ2n) is 4.98. The summed E-state index contributed by atoms with van der Waals surface area (Å²) >= 11 is 3.33. The number of aliphatic hydroxyl groups excluding tert-OH is 1. The van der Waals surface area contributed by atoms with E-state index in [1.54, 1.807) is 0 Å². The van der Waals surface area contributed by atoms with Crippen LogP contribution in [0.4, 0.5) is 9.18 Å². The first kappa shape index (κ1) is 15.3. The van der Waals surface area contributed by atoms with Gasteiger partial charge in [-0.2, -0.15) is 0 Å². The Morgan fingerprint density at radius 2 is 1.95 bits per heavy atom. The van der Waals surface area contributed by atoms with Crippen LogP contribution in [0, 0.1) is 0 Å². The number of aliphatic hydroxyl groups is 1. The van der Waals surface area contributed by atoms with Crippen LogP contribution in [-0.4, -0.2) is 41.5 Å². The van der Waals surface area contributed by atoms with Gasteiger partial charge in [-0.3, -0.25) is 0 Å². The lowest BCUT2D eigenvalue weighted by Gasteiger charge is -2.34. The van der Waals surface area contributed by atoms with Crippen molar-refractivity contribution < 1.29 is 19.0 Å². The minimum atomic E-state index is -1.55. The highest BCUT2D eigenvalue weighted by atomic mass is 79.9. The number of ether oxygens (including phenoxy) is 1. The van der Waals surface area contributed by atoms with Crippen LogP contribution in [0.3, 0.4) is 0 Å². The topological polar surface area (TPSA) is 49.8 Å².